The quantitative estimate of drug-likeness (QED) is 0.895. The maximum Gasteiger partial charge on any atom is 0.292 e. The first-order chi connectivity index (χ1) is 11.2. The van der Waals surface area contributed by atoms with Crippen molar-refractivity contribution < 1.29 is 9.32 Å². The molecule has 7 heteroatoms. The summed E-state index contributed by atoms with van der Waals surface area (Å²) in [5.74, 6) is 0.835. The van der Waals surface area contributed by atoms with Gasteiger partial charge in [0.15, 0.2) is 0 Å². The molecule has 1 amide bonds. The Hall–Kier alpha value is -1.56. The zero-order chi connectivity index (χ0) is 16.2. The number of halogens is 2. The molecule has 0 spiro atoms. The van der Waals surface area contributed by atoms with Crippen molar-refractivity contribution in [2.45, 2.75) is 12.8 Å². The lowest BCUT2D eigenvalue weighted by Gasteiger charge is -2.31. The van der Waals surface area contributed by atoms with Crippen LogP contribution < -0.4 is 5.32 Å². The van der Waals surface area contributed by atoms with Crippen molar-refractivity contribution in [1.82, 2.24) is 15.4 Å². The molecule has 1 aromatic heterocycles. The van der Waals surface area contributed by atoms with E-state index in [9.17, 15) is 4.79 Å². The van der Waals surface area contributed by atoms with Crippen LogP contribution in [-0.2, 0) is 0 Å². The fraction of sp³-hybridized carbons (Fsp3) is 0.412. The molecular weight excluding hydrogens is 349 g/mol. The van der Waals surface area contributed by atoms with E-state index >= 15 is 0 Å². The van der Waals surface area contributed by atoms with Crippen molar-refractivity contribution in [3.8, 4) is 11.3 Å². The van der Waals surface area contributed by atoms with Gasteiger partial charge in [-0.2, -0.15) is 0 Å². The molecule has 1 saturated heterocycles. The Bertz CT molecular complexity index is 682. The molecule has 5 nitrogen and oxygen atoms in total. The first-order valence-electron chi connectivity index (χ1n) is 7.84. The predicted octanol–water partition coefficient (Wildman–Crippen LogP) is 3.49. The lowest BCUT2D eigenvalue weighted by molar-refractivity contribution is 0.0649. The minimum Gasteiger partial charge on any atom is -0.350 e. The number of carbonyl (C=O) groups excluding carboxylic acids is 1. The van der Waals surface area contributed by atoms with E-state index in [2.05, 4.69) is 10.5 Å². The van der Waals surface area contributed by atoms with Gasteiger partial charge in [-0.3, -0.25) is 4.79 Å². The number of piperidine rings is 1. The molecule has 0 atom stereocenters. The normalized spacial score (nSPS) is 15.2. The zero-order valence-corrected chi connectivity index (χ0v) is 15.1. The number of likely N-dealkylation sites (tertiary alicyclic amines) is 1. The van der Waals surface area contributed by atoms with E-state index in [1.54, 1.807) is 18.2 Å². The van der Waals surface area contributed by atoms with Crippen LogP contribution in [0, 0.1) is 5.92 Å². The Morgan fingerprint density at radius 3 is 2.79 bits per heavy atom. The van der Waals surface area contributed by atoms with E-state index in [0.29, 0.717) is 16.6 Å². The van der Waals surface area contributed by atoms with Crippen molar-refractivity contribution in [1.29, 1.82) is 0 Å². The summed E-state index contributed by atoms with van der Waals surface area (Å²) >= 11 is 5.99. The van der Waals surface area contributed by atoms with Crippen LogP contribution in [0.1, 0.15) is 23.4 Å². The van der Waals surface area contributed by atoms with Crippen molar-refractivity contribution in [2.75, 3.05) is 26.7 Å². The number of amides is 1. The number of hydrogen-bond acceptors (Lipinski definition) is 4. The molecule has 1 aromatic carbocycles. The Labute approximate surface area is 152 Å². The van der Waals surface area contributed by atoms with E-state index in [0.717, 1.165) is 38.0 Å². The molecule has 2 aromatic rings. The largest absolute Gasteiger partial charge is 0.350 e. The monoisotopic (exact) mass is 369 g/mol. The van der Waals surface area contributed by atoms with Crippen LogP contribution in [0.15, 0.2) is 34.9 Å². The number of nitrogens with one attached hydrogen (secondary N) is 1. The number of rotatable bonds is 4. The van der Waals surface area contributed by atoms with Crippen LogP contribution in [0.2, 0.25) is 5.02 Å². The second-order valence-electron chi connectivity index (χ2n) is 5.88. The van der Waals surface area contributed by atoms with Crippen molar-refractivity contribution >= 4 is 29.9 Å². The van der Waals surface area contributed by atoms with Gasteiger partial charge in [0.1, 0.15) is 5.69 Å². The van der Waals surface area contributed by atoms with Crippen LogP contribution in [0.25, 0.3) is 11.3 Å². The number of aromatic nitrogens is 1. The molecule has 0 saturated carbocycles. The van der Waals surface area contributed by atoms with Gasteiger partial charge in [0.25, 0.3) is 5.91 Å². The van der Waals surface area contributed by atoms with Gasteiger partial charge in [-0.25, -0.2) is 0 Å². The van der Waals surface area contributed by atoms with Crippen LogP contribution in [0.3, 0.4) is 0 Å². The topological polar surface area (TPSA) is 58.4 Å². The van der Waals surface area contributed by atoms with Gasteiger partial charge in [0.2, 0.25) is 5.76 Å². The van der Waals surface area contributed by atoms with E-state index in [1.165, 1.54) is 0 Å². The second kappa shape index (κ2) is 8.51. The molecule has 0 unspecified atom stereocenters. The highest BCUT2D eigenvalue weighted by Crippen LogP contribution is 2.24. The van der Waals surface area contributed by atoms with Crippen molar-refractivity contribution in [3.05, 3.63) is 41.1 Å². The summed E-state index contributed by atoms with van der Waals surface area (Å²) in [6.07, 6.45) is 2.03. The van der Waals surface area contributed by atoms with Crippen molar-refractivity contribution in [2.24, 2.45) is 5.92 Å². The first-order valence-corrected chi connectivity index (χ1v) is 8.21. The molecule has 24 heavy (non-hydrogen) atoms. The predicted molar refractivity (Wildman–Crippen MR) is 96.8 cm³/mol. The van der Waals surface area contributed by atoms with Crippen LogP contribution in [0.4, 0.5) is 0 Å². The van der Waals surface area contributed by atoms with E-state index < -0.39 is 0 Å². The fourth-order valence-corrected chi connectivity index (χ4v) is 3.13. The Morgan fingerprint density at radius 1 is 1.38 bits per heavy atom. The molecule has 1 aliphatic rings. The van der Waals surface area contributed by atoms with Crippen LogP contribution in [0.5, 0.6) is 0 Å². The van der Waals surface area contributed by atoms with E-state index in [-0.39, 0.29) is 24.1 Å². The van der Waals surface area contributed by atoms with Crippen molar-refractivity contribution in [3.63, 3.8) is 0 Å². The number of carbonyl (C=O) groups is 1. The summed E-state index contributed by atoms with van der Waals surface area (Å²) in [7, 11) is 1.96. The first kappa shape index (κ1) is 18.8. The summed E-state index contributed by atoms with van der Waals surface area (Å²) < 4.78 is 5.25. The smallest absolute Gasteiger partial charge is 0.292 e. The molecule has 1 fully saturated rings. The third-order valence-corrected chi connectivity index (χ3v) is 4.47. The number of hydrogen-bond donors (Lipinski definition) is 1. The van der Waals surface area contributed by atoms with Gasteiger partial charge >= 0.3 is 0 Å². The summed E-state index contributed by atoms with van der Waals surface area (Å²) in [4.78, 5) is 14.4. The number of nitrogens with zero attached hydrogens (tertiary/aromatic N) is 2. The molecule has 130 valence electrons. The van der Waals surface area contributed by atoms with Gasteiger partial charge in [-0.05, 0) is 44.5 Å². The standard InChI is InChI=1S/C17H20ClN3O2.ClH/c1-19-11-12-5-7-21(8-6-12)17(22)16-10-15(20-23-16)13-3-2-4-14(18)9-13;/h2-4,9-10,12,19H,5-8,11H2,1H3;1H. The molecular formula is C17H21Cl2N3O2. The van der Waals surface area contributed by atoms with E-state index in [4.69, 9.17) is 16.1 Å². The van der Waals surface area contributed by atoms with Gasteiger partial charge in [0, 0.05) is 29.7 Å². The van der Waals surface area contributed by atoms with Crippen LogP contribution >= 0.6 is 24.0 Å². The maximum atomic E-state index is 12.5. The average Bonchev–Trinajstić information content (AvgIpc) is 3.05. The molecule has 1 N–H and O–H groups in total. The van der Waals surface area contributed by atoms with Gasteiger partial charge in [-0.1, -0.05) is 28.9 Å². The highest BCUT2D eigenvalue weighted by molar-refractivity contribution is 6.30. The Morgan fingerprint density at radius 2 is 2.12 bits per heavy atom. The molecule has 0 aliphatic carbocycles. The highest BCUT2D eigenvalue weighted by atomic mass is 35.5. The summed E-state index contributed by atoms with van der Waals surface area (Å²) in [6, 6.07) is 9.03. The third kappa shape index (κ3) is 4.29. The Kier molecular flexibility index (Phi) is 6.66. The minimum atomic E-state index is -0.0892. The SMILES string of the molecule is CNCC1CCN(C(=O)c2cc(-c3cccc(Cl)c3)no2)CC1.Cl. The molecule has 0 radical (unpaired) electrons. The van der Waals surface area contributed by atoms with Crippen LogP contribution in [-0.4, -0.2) is 42.6 Å². The second-order valence-corrected chi connectivity index (χ2v) is 6.32. The minimum absolute atomic E-state index is 0. The van der Waals surface area contributed by atoms with Gasteiger partial charge in [0.05, 0.1) is 0 Å². The Balaban J connectivity index is 0.00000208. The fourth-order valence-electron chi connectivity index (χ4n) is 2.94. The van der Waals surface area contributed by atoms with Gasteiger partial charge < -0.3 is 14.7 Å². The number of benzene rings is 1. The molecule has 2 heterocycles. The molecule has 0 bridgehead atoms. The zero-order valence-electron chi connectivity index (χ0n) is 13.5. The summed E-state index contributed by atoms with van der Waals surface area (Å²) in [6.45, 7) is 2.53. The lowest BCUT2D eigenvalue weighted by atomic mass is 9.96. The third-order valence-electron chi connectivity index (χ3n) is 4.24. The van der Waals surface area contributed by atoms with E-state index in [1.807, 2.05) is 24.1 Å². The molecule has 1 aliphatic heterocycles. The summed E-state index contributed by atoms with van der Waals surface area (Å²) in [5, 5.41) is 7.82. The maximum absolute atomic E-state index is 12.5. The molecule has 3 rings (SSSR count). The average molecular weight is 370 g/mol. The lowest BCUT2D eigenvalue weighted by Crippen LogP contribution is -2.40. The van der Waals surface area contributed by atoms with Gasteiger partial charge in [-0.15, -0.1) is 12.4 Å². The highest BCUT2D eigenvalue weighted by Gasteiger charge is 2.26. The summed E-state index contributed by atoms with van der Waals surface area (Å²) in [5.41, 5.74) is 1.47.